The third-order valence-corrected chi connectivity index (χ3v) is 2.37. The van der Waals surface area contributed by atoms with Crippen molar-refractivity contribution in [3.63, 3.8) is 0 Å². The number of aromatic nitrogens is 1. The summed E-state index contributed by atoms with van der Waals surface area (Å²) in [5.74, 6) is 0.835. The predicted molar refractivity (Wildman–Crippen MR) is 64.7 cm³/mol. The molecule has 2 rings (SSSR count). The molecule has 0 aliphatic heterocycles. The van der Waals surface area contributed by atoms with Crippen LogP contribution in [-0.2, 0) is 6.42 Å². The molecule has 0 saturated carbocycles. The van der Waals surface area contributed by atoms with Crippen LogP contribution < -0.4 is 4.74 Å². The maximum atomic E-state index is 12.7. The van der Waals surface area contributed by atoms with Crippen LogP contribution in [-0.4, -0.2) is 4.98 Å². The lowest BCUT2D eigenvalue weighted by Gasteiger charge is -2.05. The average Bonchev–Trinajstić information content (AvgIpc) is 2.35. The second kappa shape index (κ2) is 5.43. The monoisotopic (exact) mass is 231 g/mol. The fourth-order valence-electron chi connectivity index (χ4n) is 1.53. The molecule has 0 aliphatic rings. The zero-order chi connectivity index (χ0) is 12.1. The summed E-state index contributed by atoms with van der Waals surface area (Å²) in [6.45, 7) is 2.13. The van der Waals surface area contributed by atoms with Crippen molar-refractivity contribution in [1.82, 2.24) is 4.98 Å². The summed E-state index contributed by atoms with van der Waals surface area (Å²) in [6.07, 6.45) is 3.92. The van der Waals surface area contributed by atoms with Crippen LogP contribution in [0.3, 0.4) is 0 Å². The Morgan fingerprint density at radius 2 is 1.88 bits per heavy atom. The molecule has 0 radical (unpaired) electrons. The molecule has 17 heavy (non-hydrogen) atoms. The Bertz CT molecular complexity index is 465. The lowest BCUT2D eigenvalue weighted by molar-refractivity contribution is 0.461. The first-order chi connectivity index (χ1) is 8.28. The highest BCUT2D eigenvalue weighted by Crippen LogP contribution is 2.19. The fraction of sp³-hybridized carbons (Fsp3) is 0.214. The number of benzene rings is 1. The number of hydrogen-bond acceptors (Lipinski definition) is 2. The first-order valence-corrected chi connectivity index (χ1v) is 5.66. The molecular formula is C14H14FNO. The molecule has 0 saturated heterocycles. The van der Waals surface area contributed by atoms with E-state index in [-0.39, 0.29) is 5.82 Å². The van der Waals surface area contributed by atoms with E-state index in [1.54, 1.807) is 12.1 Å². The van der Waals surface area contributed by atoms with Gasteiger partial charge in [0.1, 0.15) is 11.6 Å². The van der Waals surface area contributed by atoms with Crippen LogP contribution in [0.4, 0.5) is 4.39 Å². The summed E-state index contributed by atoms with van der Waals surface area (Å²) in [5.41, 5.74) is 1.19. The lowest BCUT2D eigenvalue weighted by Crippen LogP contribution is -1.90. The van der Waals surface area contributed by atoms with Gasteiger partial charge in [-0.1, -0.05) is 19.4 Å². The first kappa shape index (κ1) is 11.6. The van der Waals surface area contributed by atoms with Crippen molar-refractivity contribution >= 4 is 0 Å². The van der Waals surface area contributed by atoms with E-state index >= 15 is 0 Å². The zero-order valence-electron chi connectivity index (χ0n) is 9.69. The van der Waals surface area contributed by atoms with Crippen LogP contribution in [0.15, 0.2) is 42.6 Å². The predicted octanol–water partition coefficient (Wildman–Crippen LogP) is 3.97. The van der Waals surface area contributed by atoms with E-state index in [2.05, 4.69) is 11.9 Å². The summed E-state index contributed by atoms with van der Waals surface area (Å²) in [5, 5.41) is 0. The van der Waals surface area contributed by atoms with Gasteiger partial charge in [-0.05, 0) is 36.2 Å². The number of ether oxygens (including phenoxy) is 1. The topological polar surface area (TPSA) is 22.1 Å². The van der Waals surface area contributed by atoms with Gasteiger partial charge in [0.05, 0.1) is 0 Å². The van der Waals surface area contributed by atoms with Crippen LogP contribution in [0.5, 0.6) is 11.6 Å². The van der Waals surface area contributed by atoms with E-state index in [0.29, 0.717) is 11.6 Å². The van der Waals surface area contributed by atoms with E-state index in [1.807, 2.05) is 18.3 Å². The number of aryl methyl sites for hydroxylation is 1. The van der Waals surface area contributed by atoms with Gasteiger partial charge in [-0.25, -0.2) is 9.37 Å². The van der Waals surface area contributed by atoms with E-state index in [0.717, 1.165) is 12.8 Å². The number of pyridine rings is 1. The minimum Gasteiger partial charge on any atom is -0.439 e. The minimum absolute atomic E-state index is 0.274. The van der Waals surface area contributed by atoms with Crippen molar-refractivity contribution < 1.29 is 9.13 Å². The molecule has 88 valence electrons. The molecule has 0 N–H and O–H groups in total. The Labute approximate surface area is 100 Å². The Kier molecular flexibility index (Phi) is 3.70. The smallest absolute Gasteiger partial charge is 0.219 e. The van der Waals surface area contributed by atoms with Gasteiger partial charge in [0.25, 0.3) is 0 Å². The molecule has 0 spiro atoms. The van der Waals surface area contributed by atoms with Crippen molar-refractivity contribution in [2.75, 3.05) is 0 Å². The lowest BCUT2D eigenvalue weighted by atomic mass is 10.2. The largest absolute Gasteiger partial charge is 0.439 e. The Hall–Kier alpha value is -1.90. The second-order valence-corrected chi connectivity index (χ2v) is 3.81. The SMILES string of the molecule is CCCc1ccc(Oc2ccc(F)cc2)nc1. The summed E-state index contributed by atoms with van der Waals surface area (Å²) in [7, 11) is 0. The minimum atomic E-state index is -0.274. The molecule has 0 atom stereocenters. The summed E-state index contributed by atoms with van der Waals surface area (Å²) >= 11 is 0. The molecule has 0 aliphatic carbocycles. The molecule has 2 nitrogen and oxygen atoms in total. The highest BCUT2D eigenvalue weighted by atomic mass is 19.1. The van der Waals surface area contributed by atoms with Crippen LogP contribution in [0.2, 0.25) is 0 Å². The van der Waals surface area contributed by atoms with Gasteiger partial charge < -0.3 is 4.74 Å². The first-order valence-electron chi connectivity index (χ1n) is 5.66. The molecule has 0 bridgehead atoms. The molecule has 3 heteroatoms. The van der Waals surface area contributed by atoms with Gasteiger partial charge in [0.2, 0.25) is 5.88 Å². The maximum Gasteiger partial charge on any atom is 0.219 e. The van der Waals surface area contributed by atoms with Crippen molar-refractivity contribution in [2.24, 2.45) is 0 Å². The molecule has 1 aromatic carbocycles. The number of hydrogen-bond donors (Lipinski definition) is 0. The number of rotatable bonds is 4. The third-order valence-electron chi connectivity index (χ3n) is 2.37. The molecule has 0 fully saturated rings. The van der Waals surface area contributed by atoms with E-state index in [4.69, 9.17) is 4.74 Å². The van der Waals surface area contributed by atoms with Gasteiger partial charge in [-0.2, -0.15) is 0 Å². The highest BCUT2D eigenvalue weighted by molar-refractivity contribution is 5.28. The molecular weight excluding hydrogens is 217 g/mol. The van der Waals surface area contributed by atoms with Crippen molar-refractivity contribution in [3.8, 4) is 11.6 Å². The van der Waals surface area contributed by atoms with Gasteiger partial charge in [0.15, 0.2) is 0 Å². The van der Waals surface area contributed by atoms with Crippen LogP contribution in [0.25, 0.3) is 0 Å². The zero-order valence-corrected chi connectivity index (χ0v) is 9.69. The fourth-order valence-corrected chi connectivity index (χ4v) is 1.53. The Morgan fingerprint density at radius 3 is 2.47 bits per heavy atom. The van der Waals surface area contributed by atoms with Crippen LogP contribution in [0, 0.1) is 5.82 Å². The van der Waals surface area contributed by atoms with E-state index < -0.39 is 0 Å². The van der Waals surface area contributed by atoms with Crippen LogP contribution >= 0.6 is 0 Å². The average molecular weight is 231 g/mol. The molecule has 1 heterocycles. The second-order valence-electron chi connectivity index (χ2n) is 3.81. The molecule has 1 aromatic heterocycles. The summed E-state index contributed by atoms with van der Waals surface area (Å²) < 4.78 is 18.2. The van der Waals surface area contributed by atoms with Crippen molar-refractivity contribution in [1.29, 1.82) is 0 Å². The standard InChI is InChI=1S/C14H14FNO/c1-2-3-11-4-9-14(16-10-11)17-13-7-5-12(15)6-8-13/h4-10H,2-3H2,1H3. The quantitative estimate of drug-likeness (QED) is 0.794. The highest BCUT2D eigenvalue weighted by Gasteiger charge is 1.99. The molecule has 0 unspecified atom stereocenters. The van der Waals surface area contributed by atoms with Gasteiger partial charge in [-0.3, -0.25) is 0 Å². The van der Waals surface area contributed by atoms with Crippen molar-refractivity contribution in [2.45, 2.75) is 19.8 Å². The molecule has 2 aromatic rings. The normalized spacial score (nSPS) is 10.2. The summed E-state index contributed by atoms with van der Waals surface area (Å²) in [4.78, 5) is 4.20. The summed E-state index contributed by atoms with van der Waals surface area (Å²) in [6, 6.07) is 9.71. The molecule has 0 amide bonds. The van der Waals surface area contributed by atoms with Gasteiger partial charge >= 0.3 is 0 Å². The Morgan fingerprint density at radius 1 is 1.12 bits per heavy atom. The number of nitrogens with zero attached hydrogens (tertiary/aromatic N) is 1. The maximum absolute atomic E-state index is 12.7. The van der Waals surface area contributed by atoms with Crippen molar-refractivity contribution in [3.05, 3.63) is 54.0 Å². The third kappa shape index (κ3) is 3.28. The van der Waals surface area contributed by atoms with Crippen LogP contribution in [0.1, 0.15) is 18.9 Å². The van der Waals surface area contributed by atoms with Gasteiger partial charge in [0, 0.05) is 12.3 Å². The number of halogens is 1. The van der Waals surface area contributed by atoms with E-state index in [9.17, 15) is 4.39 Å². The van der Waals surface area contributed by atoms with Gasteiger partial charge in [-0.15, -0.1) is 0 Å². The van der Waals surface area contributed by atoms with E-state index in [1.165, 1.54) is 17.7 Å². The Balaban J connectivity index is 2.05.